The van der Waals surface area contributed by atoms with Crippen LogP contribution in [0.4, 0.5) is 11.4 Å². The van der Waals surface area contributed by atoms with Crippen LogP contribution in [-0.2, 0) is 27.3 Å². The zero-order chi connectivity index (χ0) is 32.5. The molecule has 0 aliphatic carbocycles. The van der Waals surface area contributed by atoms with Gasteiger partial charge in [-0.2, -0.15) is 0 Å². The van der Waals surface area contributed by atoms with Gasteiger partial charge in [0.2, 0.25) is 0 Å². The third-order valence-corrected chi connectivity index (χ3v) is 6.66. The first-order valence-electron chi connectivity index (χ1n) is 13.4. The quantitative estimate of drug-likeness (QED) is 0.124. The smallest absolute Gasteiger partial charge is 0.337 e. The average Bonchev–Trinajstić information content (AvgIpc) is 3.05. The van der Waals surface area contributed by atoms with E-state index in [-0.39, 0.29) is 34.4 Å². The lowest BCUT2D eigenvalue weighted by molar-refractivity contribution is 0.0591. The summed E-state index contributed by atoms with van der Waals surface area (Å²) in [7, 11) is 2.42. The van der Waals surface area contributed by atoms with Crippen molar-refractivity contribution in [1.82, 2.24) is 0 Å². The molecule has 4 rings (SSSR count). The van der Waals surface area contributed by atoms with Crippen LogP contribution in [0, 0.1) is 0 Å². The first-order chi connectivity index (χ1) is 21.6. The fourth-order valence-corrected chi connectivity index (χ4v) is 4.36. The van der Waals surface area contributed by atoms with Crippen LogP contribution in [-0.4, -0.2) is 54.2 Å². The van der Waals surface area contributed by atoms with Crippen molar-refractivity contribution in [3.05, 3.63) is 129 Å². The van der Waals surface area contributed by atoms with Crippen LogP contribution in [0.1, 0.15) is 68.5 Å². The number of hydrogen-bond donors (Lipinski definition) is 4. The number of esters is 2. The van der Waals surface area contributed by atoms with Crippen LogP contribution >= 0.6 is 0 Å². The number of aromatic carboxylic acids is 2. The lowest BCUT2D eigenvalue weighted by Crippen LogP contribution is -2.17. The molecule has 0 bridgehead atoms. The third kappa shape index (κ3) is 8.09. The summed E-state index contributed by atoms with van der Waals surface area (Å²) in [6, 6.07) is 22.1. The molecule has 12 heteroatoms. The van der Waals surface area contributed by atoms with Crippen LogP contribution < -0.4 is 10.8 Å². The number of hydrogen-bond acceptors (Lipinski definition) is 9. The summed E-state index contributed by atoms with van der Waals surface area (Å²) >= 11 is 0. The maximum atomic E-state index is 12.9. The number of anilines is 2. The number of methoxy groups -OCH3 is 2. The normalized spacial score (nSPS) is 10.4. The van der Waals surface area contributed by atoms with Crippen LogP contribution in [0.2, 0.25) is 0 Å². The van der Waals surface area contributed by atoms with Gasteiger partial charge in [0.1, 0.15) is 6.61 Å². The molecule has 230 valence electrons. The largest absolute Gasteiger partial charge is 0.478 e. The van der Waals surface area contributed by atoms with Crippen molar-refractivity contribution in [1.29, 1.82) is 0 Å². The topological polar surface area (TPSA) is 178 Å². The summed E-state index contributed by atoms with van der Waals surface area (Å²) in [6.07, 6.45) is 0.571. The minimum atomic E-state index is -1.31. The van der Waals surface area contributed by atoms with Crippen LogP contribution in [0.15, 0.2) is 84.9 Å². The fraction of sp³-hybridized carbons (Fsp3) is 0.121. The lowest BCUT2D eigenvalue weighted by atomic mass is 10.0. The van der Waals surface area contributed by atoms with Crippen molar-refractivity contribution in [2.24, 2.45) is 0 Å². The Bertz CT molecular complexity index is 1750. The maximum Gasteiger partial charge on any atom is 0.337 e. The van der Waals surface area contributed by atoms with Gasteiger partial charge in [-0.3, -0.25) is 15.1 Å². The maximum absolute atomic E-state index is 12.9. The van der Waals surface area contributed by atoms with Crippen LogP contribution in [0.5, 0.6) is 0 Å². The summed E-state index contributed by atoms with van der Waals surface area (Å²) in [5.74, 6) is -4.43. The van der Waals surface area contributed by atoms with E-state index < -0.39 is 29.8 Å². The van der Waals surface area contributed by atoms with E-state index in [1.165, 1.54) is 50.6 Å². The van der Waals surface area contributed by atoms with Crippen molar-refractivity contribution in [3.63, 3.8) is 0 Å². The number of benzene rings is 4. The Kier molecular flexibility index (Phi) is 10.2. The minimum Gasteiger partial charge on any atom is -0.478 e. The zero-order valence-electron chi connectivity index (χ0n) is 24.2. The van der Waals surface area contributed by atoms with Crippen LogP contribution in [0.3, 0.4) is 0 Å². The lowest BCUT2D eigenvalue weighted by Gasteiger charge is -2.11. The predicted molar refractivity (Wildman–Crippen MR) is 162 cm³/mol. The molecule has 4 N–H and O–H groups in total. The molecule has 1 amide bonds. The molecule has 4 aromatic carbocycles. The van der Waals surface area contributed by atoms with Crippen LogP contribution in [0.25, 0.3) is 0 Å². The number of carbonyl (C=O) groups excluding carboxylic acids is 3. The van der Waals surface area contributed by atoms with E-state index in [1.807, 2.05) is 24.3 Å². The highest BCUT2D eigenvalue weighted by Crippen LogP contribution is 2.20. The van der Waals surface area contributed by atoms with Gasteiger partial charge in [0.25, 0.3) is 5.91 Å². The van der Waals surface area contributed by atoms with Crippen molar-refractivity contribution >= 4 is 41.2 Å². The molecule has 0 aromatic heterocycles. The summed E-state index contributed by atoms with van der Waals surface area (Å²) < 4.78 is 9.35. The SMILES string of the molecule is COC(=O)c1ccc(C(=O)O)c(CONc2ccc(Cc3ccc(NC(=O)c4cc(C(=O)OC)ccc4C(=O)O)cc3)cc2)c1. The van der Waals surface area contributed by atoms with Crippen molar-refractivity contribution in [2.75, 3.05) is 25.0 Å². The van der Waals surface area contributed by atoms with E-state index in [0.29, 0.717) is 23.4 Å². The van der Waals surface area contributed by atoms with E-state index in [0.717, 1.165) is 11.1 Å². The molecule has 0 heterocycles. The molecular formula is C33H28N2O10. The first kappa shape index (κ1) is 31.9. The van der Waals surface area contributed by atoms with Crippen molar-refractivity contribution < 1.29 is 48.5 Å². The van der Waals surface area contributed by atoms with E-state index in [4.69, 9.17) is 9.57 Å². The molecule has 0 aliphatic heterocycles. The Morgan fingerprint density at radius 2 is 1.13 bits per heavy atom. The summed E-state index contributed by atoms with van der Waals surface area (Å²) in [5.41, 5.74) is 5.86. The minimum absolute atomic E-state index is 0.00293. The summed E-state index contributed by atoms with van der Waals surface area (Å²) in [5, 5.41) is 21.6. The molecular weight excluding hydrogens is 584 g/mol. The Morgan fingerprint density at radius 3 is 1.67 bits per heavy atom. The Morgan fingerprint density at radius 1 is 0.622 bits per heavy atom. The van der Waals surface area contributed by atoms with E-state index in [1.54, 1.807) is 24.3 Å². The summed E-state index contributed by atoms with van der Waals surface area (Å²) in [4.78, 5) is 65.2. The molecule has 0 radical (unpaired) electrons. The highest BCUT2D eigenvalue weighted by Gasteiger charge is 2.20. The molecule has 0 saturated heterocycles. The van der Waals surface area contributed by atoms with Crippen molar-refractivity contribution in [3.8, 4) is 0 Å². The highest BCUT2D eigenvalue weighted by molar-refractivity contribution is 6.11. The number of carbonyl (C=O) groups is 5. The Labute approximate surface area is 257 Å². The van der Waals surface area contributed by atoms with Gasteiger partial charge in [-0.15, -0.1) is 0 Å². The number of nitrogens with one attached hydrogen (secondary N) is 2. The van der Waals surface area contributed by atoms with Crippen molar-refractivity contribution in [2.45, 2.75) is 13.0 Å². The van der Waals surface area contributed by atoms with Gasteiger partial charge in [0.05, 0.1) is 47.7 Å². The number of amides is 1. The Hall–Kier alpha value is -6.01. The van der Waals surface area contributed by atoms with E-state index >= 15 is 0 Å². The standard InChI is InChI=1S/C33H28N2O10/c1-43-32(41)21-7-13-26(30(37)38)23(16-21)18-45-35-25-11-5-20(6-12-25)15-19-3-9-24(10-4-19)34-29(36)28-17-22(33(42)44-2)8-14-27(28)31(39)40/h3-14,16-17,35H,15,18H2,1-2H3,(H,34,36)(H,37,38)(H,39,40). The molecule has 0 spiro atoms. The van der Waals surface area contributed by atoms with Gasteiger partial charge in [-0.1, -0.05) is 24.3 Å². The Balaban J connectivity index is 1.35. The molecule has 0 unspecified atom stereocenters. The molecule has 4 aromatic rings. The van der Waals surface area contributed by atoms with E-state index in [2.05, 4.69) is 15.5 Å². The first-order valence-corrected chi connectivity index (χ1v) is 13.4. The zero-order valence-corrected chi connectivity index (χ0v) is 24.2. The molecule has 0 saturated carbocycles. The number of rotatable bonds is 12. The fourth-order valence-electron chi connectivity index (χ4n) is 4.36. The molecule has 0 fully saturated rings. The second-order valence-corrected chi connectivity index (χ2v) is 9.64. The second-order valence-electron chi connectivity index (χ2n) is 9.64. The van der Waals surface area contributed by atoms with Gasteiger partial charge < -0.3 is 25.0 Å². The molecule has 0 atom stereocenters. The third-order valence-electron chi connectivity index (χ3n) is 6.66. The predicted octanol–water partition coefficient (Wildman–Crippen LogP) is 5.04. The number of carboxylic acids is 2. The highest BCUT2D eigenvalue weighted by atomic mass is 16.6. The van der Waals surface area contributed by atoms with Gasteiger partial charge in [0, 0.05) is 5.69 Å². The van der Waals surface area contributed by atoms with Gasteiger partial charge >= 0.3 is 23.9 Å². The second kappa shape index (κ2) is 14.4. The van der Waals surface area contributed by atoms with Gasteiger partial charge in [-0.05, 0) is 83.8 Å². The number of carboxylic acid groups (broad SMARTS) is 2. The summed E-state index contributed by atoms with van der Waals surface area (Å²) in [6.45, 7) is -0.120. The number of ether oxygens (including phenoxy) is 2. The van der Waals surface area contributed by atoms with E-state index in [9.17, 15) is 34.2 Å². The van der Waals surface area contributed by atoms with Gasteiger partial charge in [0.15, 0.2) is 0 Å². The monoisotopic (exact) mass is 612 g/mol. The molecule has 45 heavy (non-hydrogen) atoms. The molecule has 0 aliphatic rings. The average molecular weight is 613 g/mol. The molecule has 12 nitrogen and oxygen atoms in total. The van der Waals surface area contributed by atoms with Gasteiger partial charge in [-0.25, -0.2) is 19.2 Å².